The topological polar surface area (TPSA) is 70.6 Å². The van der Waals surface area contributed by atoms with Gasteiger partial charge in [0, 0.05) is 33.1 Å². The Hall–Kier alpha value is -3.11. The Morgan fingerprint density at radius 3 is 2.64 bits per heavy atom. The largest absolute Gasteiger partial charge is 0.493 e. The summed E-state index contributed by atoms with van der Waals surface area (Å²) in [5.74, 6) is -0.407. The predicted molar refractivity (Wildman–Crippen MR) is 116 cm³/mol. The molecule has 180 valence electrons. The number of rotatable bonds is 8. The molecular formula is C22H27F4N5O2. The van der Waals surface area contributed by atoms with Gasteiger partial charge in [0.15, 0.2) is 11.6 Å². The van der Waals surface area contributed by atoms with E-state index in [1.807, 2.05) is 10.2 Å². The van der Waals surface area contributed by atoms with Gasteiger partial charge in [-0.1, -0.05) is 12.1 Å². The highest BCUT2D eigenvalue weighted by atomic mass is 19.4. The minimum atomic E-state index is -4.45. The number of aromatic nitrogens is 2. The maximum Gasteiger partial charge on any atom is 0.405 e. The van der Waals surface area contributed by atoms with Crippen molar-refractivity contribution >= 4 is 17.7 Å². The third-order valence-electron chi connectivity index (χ3n) is 5.42. The van der Waals surface area contributed by atoms with Gasteiger partial charge in [0.2, 0.25) is 11.9 Å². The van der Waals surface area contributed by atoms with Crippen molar-refractivity contribution in [2.24, 2.45) is 5.92 Å². The number of hydrogen-bond donors (Lipinski definition) is 1. The van der Waals surface area contributed by atoms with E-state index in [4.69, 9.17) is 4.74 Å². The maximum atomic E-state index is 14.2. The second-order valence-corrected chi connectivity index (χ2v) is 8.27. The van der Waals surface area contributed by atoms with Crippen LogP contribution in [0.4, 0.5) is 29.3 Å². The molecule has 0 spiro atoms. The van der Waals surface area contributed by atoms with Crippen LogP contribution < -0.4 is 19.9 Å². The van der Waals surface area contributed by atoms with E-state index >= 15 is 0 Å². The van der Waals surface area contributed by atoms with Crippen LogP contribution in [-0.2, 0) is 4.79 Å². The molecular weight excluding hydrogens is 442 g/mol. The second kappa shape index (κ2) is 10.2. The first kappa shape index (κ1) is 24.5. The number of ether oxygens (including phenoxy) is 1. The monoisotopic (exact) mass is 469 g/mol. The van der Waals surface area contributed by atoms with Crippen LogP contribution in [0.1, 0.15) is 24.8 Å². The summed E-state index contributed by atoms with van der Waals surface area (Å²) in [7, 11) is 3.58. The summed E-state index contributed by atoms with van der Waals surface area (Å²) in [5.41, 5.74) is 0.588. The zero-order valence-electron chi connectivity index (χ0n) is 18.7. The van der Waals surface area contributed by atoms with Crippen LogP contribution in [0.5, 0.6) is 5.75 Å². The Bertz CT molecular complexity index is 953. The van der Waals surface area contributed by atoms with Gasteiger partial charge in [-0.25, -0.2) is 9.37 Å². The SMILES string of the molecule is CC(C(=O)NCC(F)(F)F)c1ccc(OCC2CCN(c3nc(N(C)C)ncc3F)C2)cc1. The summed E-state index contributed by atoms with van der Waals surface area (Å²) >= 11 is 0. The van der Waals surface area contributed by atoms with E-state index in [2.05, 4.69) is 9.97 Å². The Kier molecular flexibility index (Phi) is 7.60. The van der Waals surface area contributed by atoms with E-state index in [-0.39, 0.29) is 11.7 Å². The zero-order chi connectivity index (χ0) is 24.2. The summed E-state index contributed by atoms with van der Waals surface area (Å²) in [4.78, 5) is 23.8. The standard InChI is InChI=1S/C22H27F4N5O2/c1-14(20(32)28-13-22(24,25)26)16-4-6-17(7-5-16)33-12-15-8-9-31(11-15)19-18(23)10-27-21(29-19)30(2)3/h4-7,10,14-15H,8-9,11-13H2,1-3H3,(H,28,32). The average molecular weight is 469 g/mol. The van der Waals surface area contributed by atoms with Crippen molar-refractivity contribution in [3.8, 4) is 5.75 Å². The van der Waals surface area contributed by atoms with Crippen molar-refractivity contribution in [1.29, 1.82) is 0 Å². The molecule has 1 amide bonds. The molecule has 0 aliphatic carbocycles. The van der Waals surface area contributed by atoms with Crippen molar-refractivity contribution in [3.05, 3.63) is 41.8 Å². The fourth-order valence-corrected chi connectivity index (χ4v) is 3.51. The van der Waals surface area contributed by atoms with Crippen molar-refractivity contribution in [2.45, 2.75) is 25.4 Å². The molecule has 0 bridgehead atoms. The lowest BCUT2D eigenvalue weighted by Crippen LogP contribution is -2.36. The maximum absolute atomic E-state index is 14.2. The molecule has 1 aromatic heterocycles. The smallest absolute Gasteiger partial charge is 0.405 e. The third kappa shape index (κ3) is 6.69. The molecule has 1 saturated heterocycles. The molecule has 2 atom stereocenters. The number of carbonyl (C=O) groups excluding carboxylic acids is 1. The number of anilines is 2. The summed E-state index contributed by atoms with van der Waals surface area (Å²) in [6, 6.07) is 6.69. The zero-order valence-corrected chi connectivity index (χ0v) is 18.7. The molecule has 1 aromatic carbocycles. The van der Waals surface area contributed by atoms with E-state index in [0.717, 1.165) is 6.42 Å². The van der Waals surface area contributed by atoms with E-state index in [1.165, 1.54) is 6.20 Å². The van der Waals surface area contributed by atoms with Crippen molar-refractivity contribution in [2.75, 3.05) is 50.1 Å². The van der Waals surface area contributed by atoms with Gasteiger partial charge in [-0.15, -0.1) is 0 Å². The number of alkyl halides is 3. The number of amides is 1. The predicted octanol–water partition coefficient (Wildman–Crippen LogP) is 3.37. The highest BCUT2D eigenvalue weighted by Crippen LogP contribution is 2.27. The van der Waals surface area contributed by atoms with Crippen LogP contribution in [0, 0.1) is 11.7 Å². The van der Waals surface area contributed by atoms with Crippen LogP contribution in [0.3, 0.4) is 0 Å². The van der Waals surface area contributed by atoms with Crippen LogP contribution in [0.15, 0.2) is 30.5 Å². The quantitative estimate of drug-likeness (QED) is 0.598. The molecule has 33 heavy (non-hydrogen) atoms. The Morgan fingerprint density at radius 2 is 2.00 bits per heavy atom. The minimum Gasteiger partial charge on any atom is -0.493 e. The lowest BCUT2D eigenvalue weighted by atomic mass is 10.0. The number of halogens is 4. The number of carbonyl (C=O) groups is 1. The molecule has 0 saturated carbocycles. The van der Waals surface area contributed by atoms with Gasteiger partial charge in [0.1, 0.15) is 12.3 Å². The minimum absolute atomic E-state index is 0.175. The van der Waals surface area contributed by atoms with E-state index in [0.29, 0.717) is 37.0 Å². The molecule has 2 unspecified atom stereocenters. The summed E-state index contributed by atoms with van der Waals surface area (Å²) in [6.45, 7) is 1.85. The second-order valence-electron chi connectivity index (χ2n) is 8.27. The molecule has 2 aromatic rings. The van der Waals surface area contributed by atoms with Gasteiger partial charge in [-0.05, 0) is 31.0 Å². The van der Waals surface area contributed by atoms with E-state index < -0.39 is 30.4 Å². The molecule has 11 heteroatoms. The number of benzene rings is 1. The van der Waals surface area contributed by atoms with Gasteiger partial charge >= 0.3 is 6.18 Å². The Balaban J connectivity index is 1.51. The summed E-state index contributed by atoms with van der Waals surface area (Å²) in [6.07, 6.45) is -2.46. The first-order chi connectivity index (χ1) is 15.5. The molecule has 1 aliphatic rings. The van der Waals surface area contributed by atoms with Crippen LogP contribution in [-0.4, -0.2) is 62.4 Å². The first-order valence-electron chi connectivity index (χ1n) is 10.6. The number of hydrogen-bond acceptors (Lipinski definition) is 6. The van der Waals surface area contributed by atoms with Crippen molar-refractivity contribution in [3.63, 3.8) is 0 Å². The lowest BCUT2D eigenvalue weighted by molar-refractivity contribution is -0.139. The van der Waals surface area contributed by atoms with Crippen LogP contribution in [0.25, 0.3) is 0 Å². The molecule has 0 radical (unpaired) electrons. The average Bonchev–Trinajstić information content (AvgIpc) is 3.24. The van der Waals surface area contributed by atoms with Gasteiger partial charge in [-0.3, -0.25) is 4.79 Å². The normalized spacial score (nSPS) is 17.1. The first-order valence-corrected chi connectivity index (χ1v) is 10.6. The molecule has 7 nitrogen and oxygen atoms in total. The summed E-state index contributed by atoms with van der Waals surface area (Å²) < 4.78 is 56.9. The van der Waals surface area contributed by atoms with Crippen LogP contribution >= 0.6 is 0 Å². The Labute approximate surface area is 189 Å². The molecule has 3 rings (SSSR count). The summed E-state index contributed by atoms with van der Waals surface area (Å²) in [5, 5.41) is 1.89. The Morgan fingerprint density at radius 1 is 1.30 bits per heavy atom. The van der Waals surface area contributed by atoms with Gasteiger partial charge in [0.25, 0.3) is 0 Å². The highest BCUT2D eigenvalue weighted by molar-refractivity contribution is 5.83. The highest BCUT2D eigenvalue weighted by Gasteiger charge is 2.29. The fourth-order valence-electron chi connectivity index (χ4n) is 3.51. The third-order valence-corrected chi connectivity index (χ3v) is 5.42. The lowest BCUT2D eigenvalue weighted by Gasteiger charge is -2.20. The number of nitrogens with zero attached hydrogens (tertiary/aromatic N) is 4. The molecule has 2 heterocycles. The molecule has 1 fully saturated rings. The number of nitrogens with one attached hydrogen (secondary N) is 1. The molecule has 1 N–H and O–H groups in total. The van der Waals surface area contributed by atoms with Gasteiger partial charge in [-0.2, -0.15) is 18.2 Å². The van der Waals surface area contributed by atoms with Gasteiger partial charge < -0.3 is 19.9 Å². The van der Waals surface area contributed by atoms with E-state index in [9.17, 15) is 22.4 Å². The van der Waals surface area contributed by atoms with Crippen molar-refractivity contribution in [1.82, 2.24) is 15.3 Å². The van der Waals surface area contributed by atoms with Crippen molar-refractivity contribution < 1.29 is 27.1 Å². The molecule has 1 aliphatic heterocycles. The van der Waals surface area contributed by atoms with E-state index in [1.54, 1.807) is 50.2 Å². The van der Waals surface area contributed by atoms with Gasteiger partial charge in [0.05, 0.1) is 18.7 Å². The van der Waals surface area contributed by atoms with Crippen LogP contribution in [0.2, 0.25) is 0 Å². The fraction of sp³-hybridized carbons (Fsp3) is 0.500.